The maximum Gasteiger partial charge on any atom is 0.312 e. The number of likely N-dealkylation sites (tertiary alicyclic amines) is 1. The number of ether oxygens (including phenoxy) is 1. The van der Waals surface area contributed by atoms with Gasteiger partial charge in [-0.15, -0.1) is 0 Å². The summed E-state index contributed by atoms with van der Waals surface area (Å²) in [5.74, 6) is -0.172. The highest BCUT2D eigenvalue weighted by Crippen LogP contribution is 2.19. The van der Waals surface area contributed by atoms with Crippen LogP contribution in [0.5, 0.6) is 0 Å². The molecule has 1 aliphatic heterocycles. The Morgan fingerprint density at radius 2 is 2.33 bits per heavy atom. The van der Waals surface area contributed by atoms with Crippen LogP contribution in [0, 0.1) is 0 Å². The molecule has 4 heteroatoms. The van der Waals surface area contributed by atoms with Crippen molar-refractivity contribution in [3.63, 3.8) is 0 Å². The lowest BCUT2D eigenvalue weighted by molar-refractivity contribution is -0.143. The van der Waals surface area contributed by atoms with Crippen LogP contribution < -0.4 is 0 Å². The molecule has 1 heterocycles. The Morgan fingerprint density at radius 1 is 1.53 bits per heavy atom. The number of carbonyl (C=O) groups is 1. The van der Waals surface area contributed by atoms with Crippen LogP contribution in [-0.2, 0) is 14.3 Å². The number of rotatable bonds is 5. The molecule has 15 heavy (non-hydrogen) atoms. The monoisotopic (exact) mass is 212 g/mol. The minimum absolute atomic E-state index is 0.172. The highest BCUT2D eigenvalue weighted by atomic mass is 16.5. The molecule has 1 fully saturated rings. The Kier molecular flexibility index (Phi) is 5.15. The van der Waals surface area contributed by atoms with Gasteiger partial charge in [-0.2, -0.15) is 0 Å². The first-order chi connectivity index (χ1) is 7.27. The summed E-state index contributed by atoms with van der Waals surface area (Å²) in [6, 6.07) is 0.181. The van der Waals surface area contributed by atoms with E-state index >= 15 is 0 Å². The molecule has 1 rings (SSSR count). The van der Waals surface area contributed by atoms with Gasteiger partial charge in [-0.3, -0.25) is 9.59 Å². The number of piperidine rings is 1. The predicted octanol–water partition coefficient (Wildman–Crippen LogP) is 1.25. The van der Waals surface area contributed by atoms with Crippen molar-refractivity contribution < 1.29 is 14.3 Å². The highest BCUT2D eigenvalue weighted by Gasteiger charge is 2.22. The van der Waals surface area contributed by atoms with Crippen molar-refractivity contribution in [2.24, 2.45) is 0 Å². The third-order valence-corrected chi connectivity index (χ3v) is 2.73. The van der Waals surface area contributed by atoms with E-state index in [1.165, 1.54) is 0 Å². The molecule has 0 bridgehead atoms. The van der Waals surface area contributed by atoms with E-state index in [2.05, 4.69) is 0 Å². The molecule has 1 saturated heterocycles. The molecule has 85 valence electrons. The van der Waals surface area contributed by atoms with E-state index in [1.807, 2.05) is 6.41 Å². The van der Waals surface area contributed by atoms with Crippen molar-refractivity contribution in [1.82, 2.24) is 4.90 Å². The van der Waals surface area contributed by atoms with Gasteiger partial charge >= 0.3 is 12.4 Å². The van der Waals surface area contributed by atoms with Gasteiger partial charge in [0.15, 0.2) is 0 Å². The summed E-state index contributed by atoms with van der Waals surface area (Å²) in [5, 5.41) is 0. The minimum Gasteiger partial charge on any atom is -0.466 e. The molecule has 4 nitrogen and oxygen atoms in total. The van der Waals surface area contributed by atoms with Crippen molar-refractivity contribution in [2.45, 2.75) is 45.1 Å². The van der Waals surface area contributed by atoms with Crippen LogP contribution in [0.4, 0.5) is 0 Å². The normalized spacial score (nSPS) is 21.1. The van der Waals surface area contributed by atoms with Gasteiger partial charge in [0.2, 0.25) is 0 Å². The van der Waals surface area contributed by atoms with Crippen LogP contribution in [0.15, 0.2) is 0 Å². The fourth-order valence-electron chi connectivity index (χ4n) is 1.94. The molecule has 0 spiro atoms. The first kappa shape index (κ1) is 12.0. The molecule has 0 N–H and O–H groups in total. The fourth-order valence-corrected chi connectivity index (χ4v) is 1.94. The van der Waals surface area contributed by atoms with E-state index in [-0.39, 0.29) is 12.0 Å². The summed E-state index contributed by atoms with van der Waals surface area (Å²) < 4.78 is 4.85. The lowest BCUT2D eigenvalue weighted by Crippen LogP contribution is -2.38. The largest absolute Gasteiger partial charge is 0.466 e. The molecule has 1 atom stereocenters. The van der Waals surface area contributed by atoms with Gasteiger partial charge in [-0.25, -0.2) is 0 Å². The molecule has 1 unspecified atom stereocenters. The topological polar surface area (TPSA) is 46.6 Å². The quantitative estimate of drug-likeness (QED) is 0.644. The molecule has 0 aromatic heterocycles. The number of hydrogen-bond donors (Lipinski definition) is 0. The molecule has 0 saturated carbocycles. The van der Waals surface area contributed by atoms with Gasteiger partial charge in [0.05, 0.1) is 6.61 Å². The molecule has 1 amide bonds. The smallest absolute Gasteiger partial charge is 0.312 e. The molecule has 1 radical (unpaired) electrons. The Hall–Kier alpha value is -1.06. The summed E-state index contributed by atoms with van der Waals surface area (Å²) in [5.41, 5.74) is 0. The number of carbonyl (C=O) groups excluding carboxylic acids is 2. The van der Waals surface area contributed by atoms with Gasteiger partial charge in [-0.05, 0) is 32.6 Å². The van der Waals surface area contributed by atoms with Crippen molar-refractivity contribution in [3.05, 3.63) is 0 Å². The second kappa shape index (κ2) is 6.43. The Balaban J connectivity index is 2.29. The summed E-state index contributed by atoms with van der Waals surface area (Å²) in [4.78, 5) is 23.5. The average molecular weight is 212 g/mol. The predicted molar refractivity (Wildman–Crippen MR) is 55.9 cm³/mol. The zero-order valence-corrected chi connectivity index (χ0v) is 9.20. The Labute approximate surface area is 90.6 Å². The van der Waals surface area contributed by atoms with Crippen LogP contribution in [0.2, 0.25) is 0 Å². The average Bonchev–Trinajstić information content (AvgIpc) is 2.27. The van der Waals surface area contributed by atoms with Crippen molar-refractivity contribution in [3.8, 4) is 0 Å². The molecule has 0 aromatic rings. The molecule has 0 aromatic carbocycles. The van der Waals surface area contributed by atoms with E-state index in [0.717, 1.165) is 25.8 Å². The van der Waals surface area contributed by atoms with Crippen LogP contribution in [0.1, 0.15) is 39.0 Å². The number of hydrogen-bond acceptors (Lipinski definition) is 3. The minimum atomic E-state index is -0.172. The number of esters is 1. The third-order valence-electron chi connectivity index (χ3n) is 2.73. The SMILES string of the molecule is CCOC(=O)CCC1CCCCN1[C]=O. The standard InChI is InChI=1S/C11H18NO3/c1-2-15-11(14)7-6-10-5-3-4-8-12(10)9-13/h10H,2-8H2,1H3. The van der Waals surface area contributed by atoms with Gasteiger partial charge in [-0.1, -0.05) is 0 Å². The van der Waals surface area contributed by atoms with Crippen LogP contribution in [0.3, 0.4) is 0 Å². The summed E-state index contributed by atoms with van der Waals surface area (Å²) >= 11 is 0. The first-order valence-corrected chi connectivity index (χ1v) is 5.58. The Bertz CT molecular complexity index is 218. The second-order valence-corrected chi connectivity index (χ2v) is 3.78. The van der Waals surface area contributed by atoms with Gasteiger partial charge in [0.25, 0.3) is 0 Å². The highest BCUT2D eigenvalue weighted by molar-refractivity contribution is 5.69. The first-order valence-electron chi connectivity index (χ1n) is 5.58. The van der Waals surface area contributed by atoms with Crippen molar-refractivity contribution >= 4 is 12.4 Å². The van der Waals surface area contributed by atoms with E-state index in [9.17, 15) is 9.59 Å². The summed E-state index contributed by atoms with van der Waals surface area (Å²) in [6.07, 6.45) is 6.20. The van der Waals surface area contributed by atoms with Gasteiger partial charge in [0.1, 0.15) is 0 Å². The molecule has 1 aliphatic rings. The molecular weight excluding hydrogens is 194 g/mol. The number of nitrogens with zero attached hydrogens (tertiary/aromatic N) is 1. The van der Waals surface area contributed by atoms with Crippen molar-refractivity contribution in [1.29, 1.82) is 0 Å². The molecule has 0 aliphatic carbocycles. The summed E-state index contributed by atoms with van der Waals surface area (Å²) in [7, 11) is 0. The van der Waals surface area contributed by atoms with E-state index < -0.39 is 0 Å². The zero-order valence-electron chi connectivity index (χ0n) is 9.20. The fraction of sp³-hybridized carbons (Fsp3) is 0.818. The van der Waals surface area contributed by atoms with Gasteiger partial charge in [0, 0.05) is 19.0 Å². The van der Waals surface area contributed by atoms with Crippen molar-refractivity contribution in [2.75, 3.05) is 13.2 Å². The third kappa shape index (κ3) is 3.90. The van der Waals surface area contributed by atoms with Crippen LogP contribution >= 0.6 is 0 Å². The maximum atomic E-state index is 11.1. The lowest BCUT2D eigenvalue weighted by Gasteiger charge is -2.31. The molecular formula is C11H18NO3. The second-order valence-electron chi connectivity index (χ2n) is 3.78. The summed E-state index contributed by atoms with van der Waals surface area (Å²) in [6.45, 7) is 2.99. The maximum absolute atomic E-state index is 11.1. The van der Waals surface area contributed by atoms with E-state index in [1.54, 1.807) is 11.8 Å². The number of amides is 1. The van der Waals surface area contributed by atoms with Gasteiger partial charge < -0.3 is 9.64 Å². The lowest BCUT2D eigenvalue weighted by atomic mass is 9.99. The van der Waals surface area contributed by atoms with Crippen LogP contribution in [-0.4, -0.2) is 36.5 Å². The van der Waals surface area contributed by atoms with E-state index in [0.29, 0.717) is 19.4 Å². The Morgan fingerprint density at radius 3 is 3.00 bits per heavy atom. The zero-order chi connectivity index (χ0) is 11.1. The van der Waals surface area contributed by atoms with Crippen LogP contribution in [0.25, 0.3) is 0 Å². The van der Waals surface area contributed by atoms with E-state index in [4.69, 9.17) is 4.74 Å².